The molecule has 0 aliphatic rings. The van der Waals surface area contributed by atoms with E-state index in [2.05, 4.69) is 53.7 Å². The Morgan fingerprint density at radius 2 is 1.12 bits per heavy atom. The van der Waals surface area contributed by atoms with Crippen LogP contribution in [-0.4, -0.2) is 11.1 Å². The summed E-state index contributed by atoms with van der Waals surface area (Å²) in [5.41, 5.74) is 4.73. The number of phenolic OH excluding ortho intramolecular Hbond substituents is 1. The summed E-state index contributed by atoms with van der Waals surface area (Å²) >= 11 is 0. The van der Waals surface area contributed by atoms with Crippen LogP contribution in [-0.2, 0) is 10.8 Å². The molecule has 0 unspecified atom stereocenters. The Bertz CT molecular complexity index is 948. The zero-order chi connectivity index (χ0) is 25.5. The maximum absolute atomic E-state index is 13.5. The molecule has 0 aliphatic carbocycles. The molecule has 0 amide bonds. The van der Waals surface area contributed by atoms with Gasteiger partial charge >= 0.3 is 5.97 Å². The quantitative estimate of drug-likeness (QED) is 0.365. The van der Waals surface area contributed by atoms with Gasteiger partial charge in [-0.1, -0.05) is 95.2 Å². The zero-order valence-corrected chi connectivity index (χ0v) is 22.8. The van der Waals surface area contributed by atoms with Crippen LogP contribution in [0.25, 0.3) is 0 Å². The first-order chi connectivity index (χ1) is 14.9. The Balaban J connectivity index is 2.70. The van der Waals surface area contributed by atoms with Crippen molar-refractivity contribution in [2.45, 2.75) is 112 Å². The fourth-order valence-corrected chi connectivity index (χ4v) is 4.05. The van der Waals surface area contributed by atoms with E-state index in [-0.39, 0.29) is 34.4 Å². The van der Waals surface area contributed by atoms with Crippen LogP contribution in [0, 0.1) is 0 Å². The molecule has 2 aromatic carbocycles. The molecule has 0 bridgehead atoms. The van der Waals surface area contributed by atoms with Crippen molar-refractivity contribution < 1.29 is 14.6 Å². The van der Waals surface area contributed by atoms with Gasteiger partial charge in [-0.05, 0) is 57.4 Å². The maximum atomic E-state index is 13.5. The van der Waals surface area contributed by atoms with Gasteiger partial charge in [-0.15, -0.1) is 0 Å². The van der Waals surface area contributed by atoms with Crippen molar-refractivity contribution in [3.8, 4) is 11.5 Å². The molecule has 0 aromatic heterocycles. The normalized spacial score (nSPS) is 12.7. The smallest absolute Gasteiger partial charge is 0.343 e. The highest BCUT2D eigenvalue weighted by atomic mass is 16.5. The molecule has 33 heavy (non-hydrogen) atoms. The van der Waals surface area contributed by atoms with Gasteiger partial charge < -0.3 is 9.84 Å². The predicted octanol–water partition coefficient (Wildman–Crippen LogP) is 8.58. The molecule has 0 spiro atoms. The lowest BCUT2D eigenvalue weighted by atomic mass is 9.78. The lowest BCUT2D eigenvalue weighted by Gasteiger charge is -2.28. The molecular formula is C30H44O3. The monoisotopic (exact) mass is 452 g/mol. The van der Waals surface area contributed by atoms with Gasteiger partial charge in [0.2, 0.25) is 0 Å². The van der Waals surface area contributed by atoms with Crippen LogP contribution in [0.5, 0.6) is 11.5 Å². The van der Waals surface area contributed by atoms with E-state index in [0.717, 1.165) is 22.3 Å². The SMILES string of the molecule is CC(C)c1cc(C(C)C)c(OC(=O)c2cc(C(C)(C)C)c(O)c(C(C)(C)C)c2)c(C(C)C)c1. The fourth-order valence-electron chi connectivity index (χ4n) is 4.05. The van der Waals surface area contributed by atoms with E-state index in [4.69, 9.17) is 4.74 Å². The average Bonchev–Trinajstić information content (AvgIpc) is 2.65. The number of carbonyl (C=O) groups excluding carboxylic acids is 1. The van der Waals surface area contributed by atoms with Crippen LogP contribution < -0.4 is 4.74 Å². The van der Waals surface area contributed by atoms with E-state index in [1.807, 2.05) is 41.5 Å². The molecule has 3 nitrogen and oxygen atoms in total. The Morgan fingerprint density at radius 3 is 1.42 bits per heavy atom. The molecule has 0 fully saturated rings. The maximum Gasteiger partial charge on any atom is 0.343 e. The van der Waals surface area contributed by atoms with E-state index in [9.17, 15) is 9.90 Å². The summed E-state index contributed by atoms with van der Waals surface area (Å²) in [6, 6.07) is 7.95. The molecule has 2 rings (SSSR count). The van der Waals surface area contributed by atoms with Crippen molar-refractivity contribution in [2.24, 2.45) is 0 Å². The highest BCUT2D eigenvalue weighted by molar-refractivity contribution is 5.92. The summed E-state index contributed by atoms with van der Waals surface area (Å²) in [6.07, 6.45) is 0. The summed E-state index contributed by atoms with van der Waals surface area (Å²) in [6.45, 7) is 25.2. The van der Waals surface area contributed by atoms with Gasteiger partial charge in [-0.3, -0.25) is 0 Å². The van der Waals surface area contributed by atoms with Gasteiger partial charge in [-0.25, -0.2) is 4.79 Å². The summed E-state index contributed by atoms with van der Waals surface area (Å²) in [5.74, 6) is 1.39. The van der Waals surface area contributed by atoms with Crippen LogP contribution in [0.4, 0.5) is 0 Å². The van der Waals surface area contributed by atoms with E-state index < -0.39 is 0 Å². The van der Waals surface area contributed by atoms with Gasteiger partial charge in [0.1, 0.15) is 11.5 Å². The number of benzene rings is 2. The summed E-state index contributed by atoms with van der Waals surface area (Å²) in [5, 5.41) is 11.0. The molecule has 182 valence electrons. The lowest BCUT2D eigenvalue weighted by molar-refractivity contribution is 0.0730. The predicted molar refractivity (Wildman–Crippen MR) is 139 cm³/mol. The minimum atomic E-state index is -0.382. The minimum absolute atomic E-state index is 0.221. The standard InChI is InChI=1S/C30H44O3/c1-17(2)20-13-22(18(3)4)27(23(14-20)19(5)6)33-28(32)21-15-24(29(7,8)9)26(31)25(16-21)30(10,11)12/h13-19,31H,1-12H3. The van der Waals surface area contributed by atoms with Gasteiger partial charge in [-0.2, -0.15) is 0 Å². The Labute approximate surface area is 201 Å². The average molecular weight is 453 g/mol. The Kier molecular flexibility index (Phi) is 7.78. The van der Waals surface area contributed by atoms with Crippen molar-refractivity contribution in [1.82, 2.24) is 0 Å². The van der Waals surface area contributed by atoms with Crippen molar-refractivity contribution in [1.29, 1.82) is 0 Å². The lowest BCUT2D eigenvalue weighted by Crippen LogP contribution is -2.20. The first kappa shape index (κ1) is 27.0. The summed E-state index contributed by atoms with van der Waals surface area (Å²) in [7, 11) is 0. The number of aromatic hydroxyl groups is 1. The second-order valence-corrected chi connectivity index (χ2v) is 12.3. The fraction of sp³-hybridized carbons (Fsp3) is 0.567. The minimum Gasteiger partial charge on any atom is -0.507 e. The first-order valence-corrected chi connectivity index (χ1v) is 12.2. The third-order valence-electron chi connectivity index (χ3n) is 6.24. The van der Waals surface area contributed by atoms with Crippen LogP contribution in [0.2, 0.25) is 0 Å². The number of phenols is 1. The first-order valence-electron chi connectivity index (χ1n) is 12.2. The molecular weight excluding hydrogens is 408 g/mol. The highest BCUT2D eigenvalue weighted by Crippen LogP contribution is 2.41. The van der Waals surface area contributed by atoms with Gasteiger partial charge in [0, 0.05) is 11.1 Å². The molecule has 1 N–H and O–H groups in total. The number of ether oxygens (including phenoxy) is 1. The molecule has 3 heteroatoms. The molecule has 0 aliphatic heterocycles. The number of carbonyl (C=O) groups is 1. The highest BCUT2D eigenvalue weighted by Gasteiger charge is 2.29. The van der Waals surface area contributed by atoms with Gasteiger partial charge in [0.15, 0.2) is 0 Å². The molecule has 0 saturated carbocycles. The Morgan fingerprint density at radius 1 is 0.727 bits per heavy atom. The van der Waals surface area contributed by atoms with E-state index >= 15 is 0 Å². The largest absolute Gasteiger partial charge is 0.507 e. The van der Waals surface area contributed by atoms with E-state index in [1.54, 1.807) is 12.1 Å². The second-order valence-electron chi connectivity index (χ2n) is 12.3. The van der Waals surface area contributed by atoms with Crippen molar-refractivity contribution in [2.75, 3.05) is 0 Å². The van der Waals surface area contributed by atoms with Crippen LogP contribution >= 0.6 is 0 Å². The summed E-state index contributed by atoms with van der Waals surface area (Å²) < 4.78 is 6.17. The van der Waals surface area contributed by atoms with Crippen molar-refractivity contribution in [3.63, 3.8) is 0 Å². The number of esters is 1. The van der Waals surface area contributed by atoms with Crippen molar-refractivity contribution >= 4 is 5.97 Å². The van der Waals surface area contributed by atoms with Crippen LogP contribution in [0.15, 0.2) is 24.3 Å². The Hall–Kier alpha value is -2.29. The molecule has 0 saturated heterocycles. The third-order valence-corrected chi connectivity index (χ3v) is 6.24. The molecule has 0 radical (unpaired) electrons. The molecule has 2 aromatic rings. The number of rotatable bonds is 5. The summed E-state index contributed by atoms with van der Waals surface area (Å²) in [4.78, 5) is 13.5. The zero-order valence-electron chi connectivity index (χ0n) is 22.8. The second kappa shape index (κ2) is 9.52. The van der Waals surface area contributed by atoms with E-state index in [1.165, 1.54) is 5.56 Å². The van der Waals surface area contributed by atoms with Gasteiger partial charge in [0.05, 0.1) is 5.56 Å². The van der Waals surface area contributed by atoms with Gasteiger partial charge in [0.25, 0.3) is 0 Å². The van der Waals surface area contributed by atoms with Crippen molar-refractivity contribution in [3.05, 3.63) is 57.6 Å². The number of hydrogen-bond donors (Lipinski definition) is 1. The third kappa shape index (κ3) is 5.99. The topological polar surface area (TPSA) is 46.5 Å². The molecule has 0 atom stereocenters. The van der Waals surface area contributed by atoms with Crippen LogP contribution in [0.3, 0.4) is 0 Å². The number of hydrogen-bond acceptors (Lipinski definition) is 3. The van der Waals surface area contributed by atoms with Crippen LogP contribution in [0.1, 0.15) is 139 Å². The molecule has 0 heterocycles. The van der Waals surface area contributed by atoms with E-state index in [0.29, 0.717) is 17.2 Å².